The molecule has 0 bridgehead atoms. The molecule has 1 atom stereocenters. The highest BCUT2D eigenvalue weighted by Crippen LogP contribution is 2.22. The van der Waals surface area contributed by atoms with Gasteiger partial charge in [0.15, 0.2) is 0 Å². The van der Waals surface area contributed by atoms with Gasteiger partial charge in [0.05, 0.1) is 11.8 Å². The molecule has 2 aromatic rings. The molecule has 0 aliphatic carbocycles. The number of hydrogen-bond donors (Lipinski definition) is 3. The summed E-state index contributed by atoms with van der Waals surface area (Å²) in [5, 5.41) is 17.3. The molecule has 1 unspecified atom stereocenters. The van der Waals surface area contributed by atoms with Crippen LogP contribution in [0.3, 0.4) is 0 Å². The van der Waals surface area contributed by atoms with Gasteiger partial charge in [0.25, 0.3) is 0 Å². The number of aliphatic hydroxyl groups is 1. The van der Waals surface area contributed by atoms with Crippen LogP contribution in [0.1, 0.15) is 20.8 Å². The molecule has 1 aromatic heterocycles. The summed E-state index contributed by atoms with van der Waals surface area (Å²) in [5.41, 5.74) is 0.455. The lowest BCUT2D eigenvalue weighted by atomic mass is 9.89. The normalized spacial score (nSPS) is 13.0. The Balaban J connectivity index is 2.02. The number of pyridine rings is 1. The predicted molar refractivity (Wildman–Crippen MR) is 84.2 cm³/mol. The summed E-state index contributed by atoms with van der Waals surface area (Å²) in [6, 6.07) is 7.16. The molecule has 5 nitrogen and oxygen atoms in total. The van der Waals surface area contributed by atoms with E-state index >= 15 is 0 Å². The number of fused-ring (bicyclic) bond motifs is 1. The molecule has 2 amide bonds. The number of nitrogens with zero attached hydrogens (tertiary/aromatic N) is 1. The lowest BCUT2D eigenvalue weighted by Crippen LogP contribution is -2.40. The summed E-state index contributed by atoms with van der Waals surface area (Å²) in [4.78, 5) is 16.0. The van der Waals surface area contributed by atoms with Gasteiger partial charge in [0.1, 0.15) is 0 Å². The van der Waals surface area contributed by atoms with Gasteiger partial charge in [-0.25, -0.2) is 4.79 Å². The summed E-state index contributed by atoms with van der Waals surface area (Å²) in [6.07, 6.45) is 2.84. The molecular formula is C16H21N3O2. The number of aliphatic hydroxyl groups excluding tert-OH is 1. The molecular weight excluding hydrogens is 266 g/mol. The van der Waals surface area contributed by atoms with Crippen LogP contribution in [0.15, 0.2) is 36.7 Å². The second kappa shape index (κ2) is 6.10. The van der Waals surface area contributed by atoms with Gasteiger partial charge in [-0.1, -0.05) is 32.9 Å². The molecule has 0 saturated heterocycles. The number of carbonyl (C=O) groups excluding carboxylic acids is 1. The van der Waals surface area contributed by atoms with Crippen LogP contribution in [0.4, 0.5) is 10.5 Å². The van der Waals surface area contributed by atoms with Crippen molar-refractivity contribution in [3.05, 3.63) is 36.7 Å². The molecule has 1 aromatic carbocycles. The maximum absolute atomic E-state index is 11.9. The van der Waals surface area contributed by atoms with Crippen LogP contribution in [-0.2, 0) is 0 Å². The van der Waals surface area contributed by atoms with Crippen LogP contribution in [-0.4, -0.2) is 28.8 Å². The van der Waals surface area contributed by atoms with Gasteiger partial charge in [0, 0.05) is 29.7 Å². The van der Waals surface area contributed by atoms with Crippen LogP contribution in [0.5, 0.6) is 0 Å². The van der Waals surface area contributed by atoms with E-state index in [4.69, 9.17) is 0 Å². The number of anilines is 1. The SMILES string of the molecule is CC(C)(C)C(O)CNC(=O)Nc1cccc2cnccc12. The number of rotatable bonds is 3. The molecule has 0 aliphatic rings. The minimum atomic E-state index is -0.597. The molecule has 0 fully saturated rings. The smallest absolute Gasteiger partial charge is 0.319 e. The monoisotopic (exact) mass is 287 g/mol. The molecule has 0 radical (unpaired) electrons. The molecule has 0 spiro atoms. The Kier molecular flexibility index (Phi) is 4.43. The van der Waals surface area contributed by atoms with Crippen molar-refractivity contribution in [2.24, 2.45) is 5.41 Å². The van der Waals surface area contributed by atoms with Crippen LogP contribution in [0.2, 0.25) is 0 Å². The highest BCUT2D eigenvalue weighted by atomic mass is 16.3. The number of aromatic nitrogens is 1. The first-order valence-electron chi connectivity index (χ1n) is 6.93. The van der Waals surface area contributed by atoms with Crippen molar-refractivity contribution in [2.45, 2.75) is 26.9 Å². The van der Waals surface area contributed by atoms with Crippen LogP contribution < -0.4 is 10.6 Å². The zero-order chi connectivity index (χ0) is 15.5. The van der Waals surface area contributed by atoms with Crippen LogP contribution in [0.25, 0.3) is 10.8 Å². The third kappa shape index (κ3) is 3.92. The number of urea groups is 1. The van der Waals surface area contributed by atoms with Crippen molar-refractivity contribution in [2.75, 3.05) is 11.9 Å². The van der Waals surface area contributed by atoms with Crippen molar-refractivity contribution in [1.29, 1.82) is 0 Å². The van der Waals surface area contributed by atoms with Crippen molar-refractivity contribution in [1.82, 2.24) is 10.3 Å². The highest BCUT2D eigenvalue weighted by Gasteiger charge is 2.22. The number of amides is 2. The molecule has 0 saturated carbocycles. The molecule has 1 heterocycles. The first kappa shape index (κ1) is 15.3. The summed E-state index contributed by atoms with van der Waals surface area (Å²) in [5.74, 6) is 0. The molecule has 5 heteroatoms. The third-order valence-electron chi connectivity index (χ3n) is 3.38. The summed E-state index contributed by atoms with van der Waals surface area (Å²) in [6.45, 7) is 5.99. The second-order valence-electron chi connectivity index (χ2n) is 6.12. The number of nitrogens with one attached hydrogen (secondary N) is 2. The largest absolute Gasteiger partial charge is 0.391 e. The molecule has 0 aliphatic heterocycles. The lowest BCUT2D eigenvalue weighted by molar-refractivity contribution is 0.0654. The van der Waals surface area contributed by atoms with Crippen LogP contribution >= 0.6 is 0 Å². The van der Waals surface area contributed by atoms with Gasteiger partial charge in [-0.05, 0) is 17.5 Å². The number of hydrogen-bond acceptors (Lipinski definition) is 3. The van der Waals surface area contributed by atoms with Gasteiger partial charge in [-0.2, -0.15) is 0 Å². The van der Waals surface area contributed by atoms with E-state index < -0.39 is 6.10 Å². The van der Waals surface area contributed by atoms with E-state index in [-0.39, 0.29) is 18.0 Å². The van der Waals surface area contributed by atoms with Crippen molar-refractivity contribution < 1.29 is 9.90 Å². The van der Waals surface area contributed by atoms with Gasteiger partial charge in [-0.3, -0.25) is 4.98 Å². The Morgan fingerprint density at radius 2 is 2.10 bits per heavy atom. The average molecular weight is 287 g/mol. The maximum Gasteiger partial charge on any atom is 0.319 e. The summed E-state index contributed by atoms with van der Waals surface area (Å²) < 4.78 is 0. The fourth-order valence-corrected chi connectivity index (χ4v) is 1.89. The fraction of sp³-hybridized carbons (Fsp3) is 0.375. The van der Waals surface area contributed by atoms with Crippen molar-refractivity contribution in [3.63, 3.8) is 0 Å². The zero-order valence-electron chi connectivity index (χ0n) is 12.6. The maximum atomic E-state index is 11.9. The van der Waals surface area contributed by atoms with E-state index in [1.807, 2.05) is 45.0 Å². The van der Waals surface area contributed by atoms with E-state index in [1.165, 1.54) is 0 Å². The third-order valence-corrected chi connectivity index (χ3v) is 3.38. The topological polar surface area (TPSA) is 74.2 Å². The highest BCUT2D eigenvalue weighted by molar-refractivity contribution is 6.01. The zero-order valence-corrected chi connectivity index (χ0v) is 12.6. The Morgan fingerprint density at radius 3 is 2.81 bits per heavy atom. The van der Waals surface area contributed by atoms with Gasteiger partial charge in [-0.15, -0.1) is 0 Å². The van der Waals surface area contributed by atoms with Crippen molar-refractivity contribution >= 4 is 22.5 Å². The van der Waals surface area contributed by atoms with E-state index in [2.05, 4.69) is 15.6 Å². The average Bonchev–Trinajstić information content (AvgIpc) is 2.44. The standard InChI is InChI=1S/C16H21N3O2/c1-16(2,3)14(20)10-18-15(21)19-13-6-4-5-11-9-17-8-7-12(11)13/h4-9,14,20H,10H2,1-3H3,(H2,18,19,21). The summed E-state index contributed by atoms with van der Waals surface area (Å²) >= 11 is 0. The van der Waals surface area contributed by atoms with Gasteiger partial charge < -0.3 is 15.7 Å². The van der Waals surface area contributed by atoms with Gasteiger partial charge in [0.2, 0.25) is 0 Å². The lowest BCUT2D eigenvalue weighted by Gasteiger charge is -2.25. The molecule has 2 rings (SSSR count). The van der Waals surface area contributed by atoms with E-state index in [9.17, 15) is 9.90 Å². The summed E-state index contributed by atoms with van der Waals surface area (Å²) in [7, 11) is 0. The first-order valence-corrected chi connectivity index (χ1v) is 6.93. The Bertz CT molecular complexity index is 629. The number of benzene rings is 1. The van der Waals surface area contributed by atoms with E-state index in [0.29, 0.717) is 0 Å². The van der Waals surface area contributed by atoms with Gasteiger partial charge >= 0.3 is 6.03 Å². The molecule has 21 heavy (non-hydrogen) atoms. The second-order valence-corrected chi connectivity index (χ2v) is 6.12. The fourth-order valence-electron chi connectivity index (χ4n) is 1.89. The number of carbonyl (C=O) groups is 1. The van der Waals surface area contributed by atoms with E-state index in [0.717, 1.165) is 16.5 Å². The minimum absolute atomic E-state index is 0.210. The predicted octanol–water partition coefficient (Wildman–Crippen LogP) is 2.76. The molecule has 3 N–H and O–H groups in total. The Labute approximate surface area is 124 Å². The van der Waals surface area contributed by atoms with Crippen molar-refractivity contribution in [3.8, 4) is 0 Å². The minimum Gasteiger partial charge on any atom is -0.391 e. The first-order chi connectivity index (χ1) is 9.88. The Hall–Kier alpha value is -2.14. The molecule has 112 valence electrons. The Morgan fingerprint density at radius 1 is 1.33 bits per heavy atom. The van der Waals surface area contributed by atoms with E-state index in [1.54, 1.807) is 12.4 Å². The van der Waals surface area contributed by atoms with Crippen LogP contribution in [0, 0.1) is 5.41 Å². The quantitative estimate of drug-likeness (QED) is 0.812.